The molecule has 3 rings (SSSR count). The fourth-order valence-corrected chi connectivity index (χ4v) is 2.72. The van der Waals surface area contributed by atoms with Crippen molar-refractivity contribution < 1.29 is 13.2 Å². The van der Waals surface area contributed by atoms with E-state index in [4.69, 9.17) is 0 Å². The number of pyridine rings is 1. The summed E-state index contributed by atoms with van der Waals surface area (Å²) < 4.78 is 22.8. The molecule has 0 aliphatic rings. The number of rotatable bonds is 3. The molecule has 0 spiro atoms. The van der Waals surface area contributed by atoms with Gasteiger partial charge in [-0.2, -0.15) is 0 Å². The Hall–Kier alpha value is -2.47. The van der Waals surface area contributed by atoms with E-state index in [0.717, 1.165) is 11.6 Å². The van der Waals surface area contributed by atoms with Crippen LogP contribution in [0.2, 0.25) is 0 Å². The second-order valence-electron chi connectivity index (χ2n) is 4.75. The van der Waals surface area contributed by atoms with Crippen molar-refractivity contribution in [2.75, 3.05) is 6.26 Å². The van der Waals surface area contributed by atoms with Crippen LogP contribution in [0.25, 0.3) is 11.0 Å². The lowest BCUT2D eigenvalue weighted by molar-refractivity contribution is 0.103. The number of carbonyl (C=O) groups is 1. The van der Waals surface area contributed by atoms with Crippen LogP contribution in [0.5, 0.6) is 0 Å². The second kappa shape index (κ2) is 4.82. The van der Waals surface area contributed by atoms with Gasteiger partial charge in [0.1, 0.15) is 5.65 Å². The maximum atomic E-state index is 12.4. The number of fused-ring (bicyclic) bond motifs is 1. The van der Waals surface area contributed by atoms with Crippen molar-refractivity contribution in [3.63, 3.8) is 0 Å². The van der Waals surface area contributed by atoms with Crippen molar-refractivity contribution in [2.45, 2.75) is 4.90 Å². The predicted octanol–water partition coefficient (Wildman–Crippen LogP) is 2.20. The molecule has 0 unspecified atom stereocenters. The number of hydrogen-bond acceptors (Lipinski definition) is 4. The van der Waals surface area contributed by atoms with E-state index in [1.165, 1.54) is 24.3 Å². The van der Waals surface area contributed by atoms with Gasteiger partial charge in [-0.05, 0) is 42.5 Å². The number of sulfone groups is 1. The van der Waals surface area contributed by atoms with Crippen LogP contribution in [0.15, 0.2) is 53.6 Å². The van der Waals surface area contributed by atoms with Crippen molar-refractivity contribution in [3.05, 3.63) is 59.9 Å². The van der Waals surface area contributed by atoms with Gasteiger partial charge in [-0.1, -0.05) is 0 Å². The average molecular weight is 300 g/mol. The Kier molecular flexibility index (Phi) is 3.10. The topological polar surface area (TPSA) is 79.9 Å². The Morgan fingerprint density at radius 1 is 1.14 bits per heavy atom. The predicted molar refractivity (Wildman–Crippen MR) is 79.1 cm³/mol. The molecule has 1 N–H and O–H groups in total. The molecule has 1 aromatic carbocycles. The van der Waals surface area contributed by atoms with Crippen LogP contribution < -0.4 is 0 Å². The highest BCUT2D eigenvalue weighted by Gasteiger charge is 2.14. The van der Waals surface area contributed by atoms with Crippen LogP contribution >= 0.6 is 0 Å². The van der Waals surface area contributed by atoms with E-state index in [2.05, 4.69) is 9.97 Å². The SMILES string of the molecule is CS(=O)(=O)c1ccc(C(=O)c2cc3cccnc3[nH]2)cc1. The standard InChI is InChI=1S/C15H12N2O3S/c1-21(19,20)12-6-4-10(5-7-12)14(18)13-9-11-3-2-8-16-15(11)17-13/h2-9H,1H3,(H,16,17). The van der Waals surface area contributed by atoms with Gasteiger partial charge in [0, 0.05) is 23.4 Å². The molecule has 0 amide bonds. The van der Waals surface area contributed by atoms with E-state index in [1.807, 2.05) is 6.07 Å². The first-order chi connectivity index (χ1) is 9.95. The highest BCUT2D eigenvalue weighted by Crippen LogP contribution is 2.17. The molecule has 2 aromatic heterocycles. The van der Waals surface area contributed by atoms with E-state index in [-0.39, 0.29) is 10.7 Å². The van der Waals surface area contributed by atoms with Gasteiger partial charge in [0.15, 0.2) is 9.84 Å². The third-order valence-corrected chi connectivity index (χ3v) is 4.31. The summed E-state index contributed by atoms with van der Waals surface area (Å²) in [5.41, 5.74) is 1.50. The molecule has 2 heterocycles. The number of H-pyrrole nitrogens is 1. The Morgan fingerprint density at radius 3 is 2.48 bits per heavy atom. The molecule has 3 aromatic rings. The maximum Gasteiger partial charge on any atom is 0.209 e. The van der Waals surface area contributed by atoms with Crippen molar-refractivity contribution in [1.29, 1.82) is 0 Å². The lowest BCUT2D eigenvalue weighted by Gasteiger charge is -2.01. The van der Waals surface area contributed by atoms with Crippen molar-refractivity contribution in [2.24, 2.45) is 0 Å². The molecule has 0 bridgehead atoms. The zero-order chi connectivity index (χ0) is 15.0. The quantitative estimate of drug-likeness (QED) is 0.752. The molecule has 0 radical (unpaired) electrons. The normalized spacial score (nSPS) is 11.7. The molecule has 0 aliphatic heterocycles. The van der Waals surface area contributed by atoms with Crippen molar-refractivity contribution >= 4 is 26.7 Å². The summed E-state index contributed by atoms with van der Waals surface area (Å²) in [6, 6.07) is 11.3. The van der Waals surface area contributed by atoms with E-state index in [1.54, 1.807) is 18.3 Å². The lowest BCUT2D eigenvalue weighted by atomic mass is 10.1. The number of aromatic nitrogens is 2. The Bertz CT molecular complexity index is 892. The molecule has 0 fully saturated rings. The van der Waals surface area contributed by atoms with Crippen LogP contribution in [0.4, 0.5) is 0 Å². The number of nitrogens with one attached hydrogen (secondary N) is 1. The number of benzene rings is 1. The number of nitrogens with zero attached hydrogens (tertiary/aromatic N) is 1. The van der Waals surface area contributed by atoms with Crippen LogP contribution in [0, 0.1) is 0 Å². The lowest BCUT2D eigenvalue weighted by Crippen LogP contribution is -2.03. The molecule has 106 valence electrons. The van der Waals surface area contributed by atoms with Crippen LogP contribution in [0.1, 0.15) is 16.1 Å². The highest BCUT2D eigenvalue weighted by atomic mass is 32.2. The van der Waals surface area contributed by atoms with Gasteiger partial charge < -0.3 is 4.98 Å². The first-order valence-corrected chi connectivity index (χ1v) is 8.13. The van der Waals surface area contributed by atoms with Crippen molar-refractivity contribution in [1.82, 2.24) is 9.97 Å². The van der Waals surface area contributed by atoms with Crippen LogP contribution in [-0.2, 0) is 9.84 Å². The first kappa shape index (κ1) is 13.5. The average Bonchev–Trinajstić information content (AvgIpc) is 2.89. The maximum absolute atomic E-state index is 12.4. The Balaban J connectivity index is 1.98. The minimum Gasteiger partial charge on any atom is -0.337 e. The first-order valence-electron chi connectivity index (χ1n) is 6.24. The van der Waals surface area contributed by atoms with Gasteiger partial charge in [0.2, 0.25) is 5.78 Å². The van der Waals surface area contributed by atoms with Gasteiger partial charge in [0.05, 0.1) is 10.6 Å². The molecule has 0 saturated heterocycles. The largest absolute Gasteiger partial charge is 0.337 e. The fourth-order valence-electron chi connectivity index (χ4n) is 2.09. The van der Waals surface area contributed by atoms with E-state index in [0.29, 0.717) is 16.9 Å². The summed E-state index contributed by atoms with van der Waals surface area (Å²) in [7, 11) is -3.26. The fraction of sp³-hybridized carbons (Fsp3) is 0.0667. The van der Waals surface area contributed by atoms with E-state index >= 15 is 0 Å². The molecule has 0 saturated carbocycles. The van der Waals surface area contributed by atoms with E-state index < -0.39 is 9.84 Å². The monoisotopic (exact) mass is 300 g/mol. The summed E-state index contributed by atoms with van der Waals surface area (Å²) in [5, 5.41) is 0.855. The minimum absolute atomic E-state index is 0.192. The number of ketones is 1. The van der Waals surface area contributed by atoms with Crippen LogP contribution in [0.3, 0.4) is 0 Å². The third kappa shape index (κ3) is 2.57. The van der Waals surface area contributed by atoms with Crippen molar-refractivity contribution in [3.8, 4) is 0 Å². The summed E-state index contributed by atoms with van der Waals surface area (Å²) in [4.78, 5) is 19.7. The number of carbonyl (C=O) groups excluding carboxylic acids is 1. The van der Waals surface area contributed by atoms with E-state index in [9.17, 15) is 13.2 Å². The smallest absolute Gasteiger partial charge is 0.209 e. The molecule has 0 atom stereocenters. The highest BCUT2D eigenvalue weighted by molar-refractivity contribution is 7.90. The Labute approximate surface area is 121 Å². The zero-order valence-corrected chi connectivity index (χ0v) is 12.0. The van der Waals surface area contributed by atoms with Gasteiger partial charge in [-0.15, -0.1) is 0 Å². The summed E-state index contributed by atoms with van der Waals surface area (Å²) >= 11 is 0. The summed E-state index contributed by atoms with van der Waals surface area (Å²) in [6.45, 7) is 0. The minimum atomic E-state index is -3.26. The summed E-state index contributed by atoms with van der Waals surface area (Å²) in [5.74, 6) is -0.201. The molecular weight excluding hydrogens is 288 g/mol. The number of hydrogen-bond donors (Lipinski definition) is 1. The number of aromatic amines is 1. The van der Waals surface area contributed by atoms with Gasteiger partial charge >= 0.3 is 0 Å². The molecular formula is C15H12N2O3S. The molecule has 21 heavy (non-hydrogen) atoms. The van der Waals surface area contributed by atoms with Crippen LogP contribution in [-0.4, -0.2) is 30.4 Å². The van der Waals surface area contributed by atoms with Gasteiger partial charge in [-0.25, -0.2) is 13.4 Å². The zero-order valence-electron chi connectivity index (χ0n) is 11.2. The molecule has 5 nitrogen and oxygen atoms in total. The molecule has 6 heteroatoms. The van der Waals surface area contributed by atoms with Gasteiger partial charge in [0.25, 0.3) is 0 Å². The third-order valence-electron chi connectivity index (χ3n) is 3.18. The summed E-state index contributed by atoms with van der Waals surface area (Å²) in [6.07, 6.45) is 2.78. The second-order valence-corrected chi connectivity index (χ2v) is 6.77. The Morgan fingerprint density at radius 2 is 1.86 bits per heavy atom. The molecule has 0 aliphatic carbocycles. The van der Waals surface area contributed by atoms with Gasteiger partial charge in [-0.3, -0.25) is 4.79 Å².